The summed E-state index contributed by atoms with van der Waals surface area (Å²) in [6.45, 7) is 1.31. The van der Waals surface area contributed by atoms with Crippen molar-refractivity contribution in [1.82, 2.24) is 4.98 Å². The molecule has 1 aromatic carbocycles. The number of nitrogens with zero attached hydrogens (tertiary/aromatic N) is 2. The molecule has 0 amide bonds. The molecule has 9 heteroatoms. The zero-order chi connectivity index (χ0) is 19.6. The minimum Gasteiger partial charge on any atom is -0.493 e. The molecule has 1 aliphatic rings. The smallest absolute Gasteiger partial charge is 0.269 e. The van der Waals surface area contributed by atoms with Crippen LogP contribution in [-0.2, 0) is 10.3 Å². The van der Waals surface area contributed by atoms with E-state index in [0.717, 1.165) is 11.6 Å². The number of aryl methyl sites for hydroxylation is 1. The molecule has 0 radical (unpaired) electrons. The molecule has 2 aromatic rings. The zero-order valence-corrected chi connectivity index (χ0v) is 14.8. The number of hydrogen-bond donors (Lipinski definition) is 2. The van der Waals surface area contributed by atoms with Crippen molar-refractivity contribution in [2.45, 2.75) is 18.9 Å². The number of methoxy groups -OCH3 is 1. The summed E-state index contributed by atoms with van der Waals surface area (Å²) in [7, 11) is 1.49. The lowest BCUT2D eigenvalue weighted by Gasteiger charge is -2.33. The minimum atomic E-state index is -3.01. The Morgan fingerprint density at radius 2 is 2.11 bits per heavy atom. The Kier molecular flexibility index (Phi) is 5.22. The van der Waals surface area contributed by atoms with Gasteiger partial charge in [0.2, 0.25) is 0 Å². The third-order valence-electron chi connectivity index (χ3n) is 4.18. The van der Waals surface area contributed by atoms with E-state index in [4.69, 9.17) is 15.2 Å². The van der Waals surface area contributed by atoms with E-state index in [-0.39, 0.29) is 18.0 Å². The van der Waals surface area contributed by atoms with Gasteiger partial charge in [0.05, 0.1) is 13.7 Å². The number of nitrogens with one attached hydrogen (secondary N) is 1. The number of pyridine rings is 1. The van der Waals surface area contributed by atoms with Gasteiger partial charge in [-0.1, -0.05) is 0 Å². The lowest BCUT2D eigenvalue weighted by Crippen LogP contribution is -2.45. The number of alkyl halides is 2. The second-order valence-corrected chi connectivity index (χ2v) is 6.20. The molecule has 144 valence electrons. The molecule has 0 unspecified atom stereocenters. The van der Waals surface area contributed by atoms with E-state index in [2.05, 4.69) is 15.3 Å². The fraction of sp³-hybridized carbons (Fsp3) is 0.333. The van der Waals surface area contributed by atoms with Crippen LogP contribution in [-0.4, -0.2) is 37.6 Å². The van der Waals surface area contributed by atoms with E-state index >= 15 is 0 Å². The molecule has 2 heterocycles. The van der Waals surface area contributed by atoms with Gasteiger partial charge < -0.3 is 20.5 Å². The quantitative estimate of drug-likeness (QED) is 0.833. The number of aliphatic imine (C=N–C) groups is 1. The third kappa shape index (κ3) is 3.68. The number of halogens is 3. The van der Waals surface area contributed by atoms with Gasteiger partial charge in [0.15, 0.2) is 17.1 Å². The Bertz CT molecular complexity index is 876. The molecule has 3 rings (SSSR count). The van der Waals surface area contributed by atoms with Crippen molar-refractivity contribution in [3.63, 3.8) is 0 Å². The molecule has 3 N–H and O–H groups in total. The highest BCUT2D eigenvalue weighted by atomic mass is 19.3. The second-order valence-electron chi connectivity index (χ2n) is 6.20. The molecule has 0 saturated carbocycles. The first-order valence-corrected chi connectivity index (χ1v) is 8.13. The summed E-state index contributed by atoms with van der Waals surface area (Å²) in [5, 5.41) is 2.96. The maximum Gasteiger partial charge on any atom is 0.269 e. The van der Waals surface area contributed by atoms with Crippen molar-refractivity contribution in [2.24, 2.45) is 10.7 Å². The Morgan fingerprint density at radius 1 is 1.33 bits per heavy atom. The van der Waals surface area contributed by atoms with Crippen molar-refractivity contribution >= 4 is 17.3 Å². The van der Waals surface area contributed by atoms with Crippen LogP contribution in [0.2, 0.25) is 0 Å². The number of rotatable bonds is 5. The fourth-order valence-corrected chi connectivity index (χ4v) is 2.86. The lowest BCUT2D eigenvalue weighted by atomic mass is 9.90. The average molecular weight is 380 g/mol. The standard InChI is InChI=1S/C18H19F3N4O2/c1-10-5-14(26-2)16(23-7-10)24-11-3-4-13(19)12(6-11)18(17(20)21)9-27-8-15(22)25-18/h3-7,17H,8-9H2,1-2H3,(H2,22,25)(H,23,24)/t18-/m0/s1. The van der Waals surface area contributed by atoms with E-state index in [1.54, 1.807) is 12.3 Å². The highest BCUT2D eigenvalue weighted by Crippen LogP contribution is 2.38. The highest BCUT2D eigenvalue weighted by molar-refractivity contribution is 5.82. The van der Waals surface area contributed by atoms with Crippen molar-refractivity contribution in [2.75, 3.05) is 25.6 Å². The van der Waals surface area contributed by atoms with Crippen LogP contribution in [0.5, 0.6) is 5.75 Å². The van der Waals surface area contributed by atoms with Gasteiger partial charge >= 0.3 is 0 Å². The normalized spacial score (nSPS) is 19.7. The van der Waals surface area contributed by atoms with Gasteiger partial charge in [-0.2, -0.15) is 0 Å². The maximum absolute atomic E-state index is 14.5. The zero-order valence-electron chi connectivity index (χ0n) is 14.8. The third-order valence-corrected chi connectivity index (χ3v) is 4.18. The largest absolute Gasteiger partial charge is 0.493 e. The second kappa shape index (κ2) is 7.43. The van der Waals surface area contributed by atoms with E-state index in [0.29, 0.717) is 17.3 Å². The van der Waals surface area contributed by atoms with Crippen LogP contribution in [0, 0.1) is 12.7 Å². The van der Waals surface area contributed by atoms with E-state index < -0.39 is 24.4 Å². The number of ether oxygens (including phenoxy) is 2. The SMILES string of the molecule is COc1cc(C)cnc1Nc1ccc(F)c([C@]2(C(F)F)COCC(N)=N2)c1. The number of amidine groups is 1. The van der Waals surface area contributed by atoms with Gasteiger partial charge in [-0.25, -0.2) is 18.2 Å². The molecular weight excluding hydrogens is 361 g/mol. The Hall–Kier alpha value is -2.81. The van der Waals surface area contributed by atoms with Crippen LogP contribution < -0.4 is 15.8 Å². The molecule has 0 spiro atoms. The van der Waals surface area contributed by atoms with Crippen LogP contribution in [0.3, 0.4) is 0 Å². The van der Waals surface area contributed by atoms with Crippen LogP contribution in [0.15, 0.2) is 35.5 Å². The van der Waals surface area contributed by atoms with Gasteiger partial charge in [0.25, 0.3) is 6.43 Å². The molecule has 27 heavy (non-hydrogen) atoms. The highest BCUT2D eigenvalue weighted by Gasteiger charge is 2.46. The van der Waals surface area contributed by atoms with Gasteiger partial charge in [0.1, 0.15) is 18.3 Å². The molecule has 1 atom stereocenters. The van der Waals surface area contributed by atoms with Crippen molar-refractivity contribution < 1.29 is 22.6 Å². The van der Waals surface area contributed by atoms with Gasteiger partial charge in [-0.3, -0.25) is 4.99 Å². The van der Waals surface area contributed by atoms with Crippen molar-refractivity contribution in [3.8, 4) is 5.75 Å². The first-order valence-electron chi connectivity index (χ1n) is 8.13. The number of aromatic nitrogens is 1. The summed E-state index contributed by atoms with van der Waals surface area (Å²) in [6.07, 6.45) is -1.39. The average Bonchev–Trinajstić information content (AvgIpc) is 2.64. The van der Waals surface area contributed by atoms with Crippen LogP contribution in [0.4, 0.5) is 24.7 Å². The molecule has 0 fully saturated rings. The molecule has 0 aliphatic carbocycles. The fourth-order valence-electron chi connectivity index (χ4n) is 2.86. The minimum absolute atomic E-state index is 0.0709. The Labute approximate surface area is 154 Å². The summed E-state index contributed by atoms with van der Waals surface area (Å²) < 4.78 is 52.6. The van der Waals surface area contributed by atoms with Crippen LogP contribution in [0.25, 0.3) is 0 Å². The summed E-state index contributed by atoms with van der Waals surface area (Å²) in [6, 6.07) is 5.52. The predicted molar refractivity (Wildman–Crippen MR) is 95.3 cm³/mol. The van der Waals surface area contributed by atoms with Gasteiger partial charge in [-0.15, -0.1) is 0 Å². The Morgan fingerprint density at radius 3 is 2.78 bits per heavy atom. The lowest BCUT2D eigenvalue weighted by molar-refractivity contribution is -0.0145. The monoisotopic (exact) mass is 380 g/mol. The molecule has 1 aromatic heterocycles. The summed E-state index contributed by atoms with van der Waals surface area (Å²) in [5.41, 5.74) is 4.30. The maximum atomic E-state index is 14.5. The Balaban J connectivity index is 2.03. The molecule has 0 saturated heterocycles. The van der Waals surface area contributed by atoms with Crippen molar-refractivity contribution in [1.29, 1.82) is 0 Å². The molecule has 6 nitrogen and oxygen atoms in total. The first kappa shape index (κ1) is 19.0. The van der Waals surface area contributed by atoms with Crippen LogP contribution >= 0.6 is 0 Å². The van der Waals surface area contributed by atoms with Crippen molar-refractivity contribution in [3.05, 3.63) is 47.4 Å². The molecule has 0 bridgehead atoms. The summed E-state index contributed by atoms with van der Waals surface area (Å²) >= 11 is 0. The predicted octanol–water partition coefficient (Wildman–Crippen LogP) is 3.13. The van der Waals surface area contributed by atoms with Crippen LogP contribution in [0.1, 0.15) is 11.1 Å². The number of nitrogens with two attached hydrogens (primary N) is 1. The van der Waals surface area contributed by atoms with E-state index in [9.17, 15) is 13.2 Å². The first-order chi connectivity index (χ1) is 12.9. The topological polar surface area (TPSA) is 81.8 Å². The van der Waals surface area contributed by atoms with Gasteiger partial charge in [-0.05, 0) is 36.8 Å². The van der Waals surface area contributed by atoms with E-state index in [1.165, 1.54) is 19.2 Å². The number of hydrogen-bond acceptors (Lipinski definition) is 6. The number of benzene rings is 1. The molecular formula is C18H19F3N4O2. The summed E-state index contributed by atoms with van der Waals surface area (Å²) in [4.78, 5) is 8.07. The van der Waals surface area contributed by atoms with Gasteiger partial charge in [0, 0.05) is 17.4 Å². The number of anilines is 2. The summed E-state index contributed by atoms with van der Waals surface area (Å²) in [5.74, 6) is -0.102. The van der Waals surface area contributed by atoms with E-state index in [1.807, 2.05) is 6.92 Å². The molecule has 1 aliphatic heterocycles.